The van der Waals surface area contributed by atoms with E-state index < -0.39 is 17.0 Å². The molecule has 3 aromatic heterocycles. The van der Waals surface area contributed by atoms with Gasteiger partial charge < -0.3 is 0 Å². The number of hydrogen-bond donors (Lipinski definition) is 0. The Bertz CT molecular complexity index is 1300. The van der Waals surface area contributed by atoms with Gasteiger partial charge in [0.25, 0.3) is 5.95 Å². The highest BCUT2D eigenvalue weighted by molar-refractivity contribution is 5.62. The number of aromatic nitrogens is 7. The first-order valence-corrected chi connectivity index (χ1v) is 11.0. The minimum atomic E-state index is -0.792. The monoisotopic (exact) mass is 461 g/mol. The van der Waals surface area contributed by atoms with Crippen LogP contribution in [0.2, 0.25) is 0 Å². The van der Waals surface area contributed by atoms with Gasteiger partial charge in [-0.2, -0.15) is 15.3 Å². The molecule has 0 unspecified atom stereocenters. The fourth-order valence-corrected chi connectivity index (χ4v) is 3.73. The standard InChI is InChI=1S/C25H25F2N7/c1-5-17-15-20(22-18(26)7-6-8-19(22)27)32-33-23(17)25(4,11-9-16(2)3)21-10-12-28-24(31-21)34-29-13-14-30-34/h6-16H,5H2,1-4H3/b11-9+/t25-/m0/s1. The summed E-state index contributed by atoms with van der Waals surface area (Å²) in [4.78, 5) is 10.3. The summed E-state index contributed by atoms with van der Waals surface area (Å²) in [5.41, 5.74) is 1.28. The molecule has 0 N–H and O–H groups in total. The minimum absolute atomic E-state index is 0.149. The molecule has 0 saturated carbocycles. The average molecular weight is 462 g/mol. The number of rotatable bonds is 7. The zero-order valence-electron chi connectivity index (χ0n) is 19.4. The van der Waals surface area contributed by atoms with Crippen LogP contribution in [0.25, 0.3) is 17.2 Å². The molecule has 7 nitrogen and oxygen atoms in total. The van der Waals surface area contributed by atoms with Crippen LogP contribution in [-0.4, -0.2) is 35.2 Å². The van der Waals surface area contributed by atoms with Gasteiger partial charge in [-0.3, -0.25) is 0 Å². The molecule has 0 fully saturated rings. The summed E-state index contributed by atoms with van der Waals surface area (Å²) in [6.07, 6.45) is 9.43. The Balaban J connectivity index is 1.89. The molecule has 174 valence electrons. The van der Waals surface area contributed by atoms with E-state index in [-0.39, 0.29) is 17.2 Å². The molecule has 0 aliphatic rings. The Hall–Kier alpha value is -3.88. The van der Waals surface area contributed by atoms with E-state index in [9.17, 15) is 8.78 Å². The lowest BCUT2D eigenvalue weighted by atomic mass is 9.79. The summed E-state index contributed by atoms with van der Waals surface area (Å²) in [7, 11) is 0. The second-order valence-electron chi connectivity index (χ2n) is 8.42. The highest BCUT2D eigenvalue weighted by Crippen LogP contribution is 2.35. The molecule has 0 aliphatic carbocycles. The van der Waals surface area contributed by atoms with E-state index in [2.05, 4.69) is 45.3 Å². The van der Waals surface area contributed by atoms with Gasteiger partial charge in [0.2, 0.25) is 0 Å². The third kappa shape index (κ3) is 4.46. The molecule has 0 amide bonds. The molecule has 0 saturated heterocycles. The van der Waals surface area contributed by atoms with Crippen molar-refractivity contribution in [2.75, 3.05) is 0 Å². The van der Waals surface area contributed by atoms with E-state index in [1.54, 1.807) is 24.7 Å². The number of hydrogen-bond acceptors (Lipinski definition) is 6. The summed E-state index contributed by atoms with van der Waals surface area (Å²) in [5.74, 6) is -0.765. The Labute approximate surface area is 196 Å². The highest BCUT2D eigenvalue weighted by Gasteiger charge is 2.33. The first kappa shape index (κ1) is 23.3. The largest absolute Gasteiger partial charge is 0.268 e. The van der Waals surface area contributed by atoms with Gasteiger partial charge in [-0.15, -0.1) is 9.90 Å². The lowest BCUT2D eigenvalue weighted by Crippen LogP contribution is -2.27. The van der Waals surface area contributed by atoms with Crippen molar-refractivity contribution in [2.45, 2.75) is 39.5 Å². The second-order valence-corrected chi connectivity index (χ2v) is 8.42. The normalized spacial score (nSPS) is 13.5. The van der Waals surface area contributed by atoms with Gasteiger partial charge >= 0.3 is 0 Å². The summed E-state index contributed by atoms with van der Waals surface area (Å²) in [6.45, 7) is 8.10. The van der Waals surface area contributed by atoms with Crippen molar-refractivity contribution in [3.8, 4) is 17.2 Å². The van der Waals surface area contributed by atoms with Crippen LogP contribution in [0.4, 0.5) is 8.78 Å². The smallest absolute Gasteiger partial charge is 0.218 e. The molecule has 3 heterocycles. The molecule has 0 aliphatic heterocycles. The molecule has 9 heteroatoms. The second kappa shape index (κ2) is 9.54. The molecule has 4 aromatic rings. The SMILES string of the molecule is CCc1cc(-c2c(F)cccc2F)nnc1[C@@](C)(/C=C/C(C)C)c1ccnc(-n2nccn2)n1. The van der Waals surface area contributed by atoms with Crippen LogP contribution in [-0.2, 0) is 11.8 Å². The lowest BCUT2D eigenvalue weighted by Gasteiger charge is -2.27. The number of nitrogens with zero attached hydrogens (tertiary/aromatic N) is 7. The van der Waals surface area contributed by atoms with E-state index in [0.29, 0.717) is 23.8 Å². The zero-order chi connectivity index (χ0) is 24.3. The van der Waals surface area contributed by atoms with Crippen LogP contribution in [0.3, 0.4) is 0 Å². The maximum Gasteiger partial charge on any atom is 0.268 e. The van der Waals surface area contributed by atoms with Crippen LogP contribution in [0.5, 0.6) is 0 Å². The average Bonchev–Trinajstić information content (AvgIpc) is 3.37. The van der Waals surface area contributed by atoms with Crippen molar-refractivity contribution in [3.05, 3.63) is 89.7 Å². The lowest BCUT2D eigenvalue weighted by molar-refractivity contribution is 0.586. The molecule has 1 aromatic carbocycles. The summed E-state index contributed by atoms with van der Waals surface area (Å²) < 4.78 is 28.8. The van der Waals surface area contributed by atoms with Crippen molar-refractivity contribution in [2.24, 2.45) is 5.92 Å². The van der Waals surface area contributed by atoms with Crippen LogP contribution >= 0.6 is 0 Å². The van der Waals surface area contributed by atoms with Crippen molar-refractivity contribution in [1.82, 2.24) is 35.2 Å². The van der Waals surface area contributed by atoms with Crippen molar-refractivity contribution >= 4 is 0 Å². The van der Waals surface area contributed by atoms with Gasteiger partial charge in [0.1, 0.15) is 11.6 Å². The van der Waals surface area contributed by atoms with Gasteiger partial charge in [0.15, 0.2) is 0 Å². The molecule has 34 heavy (non-hydrogen) atoms. The van der Waals surface area contributed by atoms with Crippen molar-refractivity contribution < 1.29 is 8.78 Å². The molecule has 4 rings (SSSR count). The van der Waals surface area contributed by atoms with Crippen LogP contribution in [0, 0.1) is 17.6 Å². The fourth-order valence-electron chi connectivity index (χ4n) is 3.73. The van der Waals surface area contributed by atoms with Crippen molar-refractivity contribution in [1.29, 1.82) is 0 Å². The van der Waals surface area contributed by atoms with E-state index >= 15 is 0 Å². The molecular weight excluding hydrogens is 436 g/mol. The van der Waals surface area contributed by atoms with Gasteiger partial charge in [0, 0.05) is 6.20 Å². The van der Waals surface area contributed by atoms with Gasteiger partial charge in [-0.25, -0.2) is 18.7 Å². The predicted molar refractivity (Wildman–Crippen MR) is 124 cm³/mol. The molecule has 1 atom stereocenters. The summed E-state index contributed by atoms with van der Waals surface area (Å²) >= 11 is 0. The maximum atomic E-state index is 14.4. The Morgan fingerprint density at radius 3 is 2.38 bits per heavy atom. The van der Waals surface area contributed by atoms with E-state index in [4.69, 9.17) is 4.98 Å². The topological polar surface area (TPSA) is 82.3 Å². The number of allylic oxidation sites excluding steroid dienone is 2. The zero-order valence-corrected chi connectivity index (χ0v) is 19.4. The number of halogens is 2. The van der Waals surface area contributed by atoms with E-state index in [1.165, 1.54) is 23.0 Å². The molecule has 0 spiro atoms. The van der Waals surface area contributed by atoms with Crippen molar-refractivity contribution in [3.63, 3.8) is 0 Å². The van der Waals surface area contributed by atoms with E-state index in [1.807, 2.05) is 26.0 Å². The van der Waals surface area contributed by atoms with Crippen LogP contribution in [0.1, 0.15) is 44.6 Å². The minimum Gasteiger partial charge on any atom is -0.218 e. The predicted octanol–water partition coefficient (Wildman–Crippen LogP) is 4.87. The summed E-state index contributed by atoms with van der Waals surface area (Å²) in [5, 5.41) is 17.0. The van der Waals surface area contributed by atoms with Crippen LogP contribution < -0.4 is 0 Å². The first-order valence-electron chi connectivity index (χ1n) is 11.0. The quantitative estimate of drug-likeness (QED) is 0.365. The third-order valence-corrected chi connectivity index (χ3v) is 5.55. The third-order valence-electron chi connectivity index (χ3n) is 5.55. The van der Waals surface area contributed by atoms with Crippen LogP contribution in [0.15, 0.2) is 61.1 Å². The highest BCUT2D eigenvalue weighted by atomic mass is 19.1. The Morgan fingerprint density at radius 2 is 1.74 bits per heavy atom. The van der Waals surface area contributed by atoms with E-state index in [0.717, 1.165) is 5.56 Å². The fraction of sp³-hybridized carbons (Fsp3) is 0.280. The molecular formula is C25H25F2N7. The van der Waals surface area contributed by atoms with Gasteiger partial charge in [-0.05, 0) is 49.1 Å². The Morgan fingerprint density at radius 1 is 1.03 bits per heavy atom. The molecule has 0 bridgehead atoms. The maximum absolute atomic E-state index is 14.4. The van der Waals surface area contributed by atoms with Gasteiger partial charge in [-0.1, -0.05) is 39.0 Å². The molecule has 0 radical (unpaired) electrons. The summed E-state index contributed by atoms with van der Waals surface area (Å²) in [6, 6.07) is 7.25. The number of benzene rings is 1. The number of aryl methyl sites for hydroxylation is 1. The van der Waals surface area contributed by atoms with Gasteiger partial charge in [0.05, 0.1) is 40.5 Å². The Kier molecular flexibility index (Phi) is 6.54. The first-order chi connectivity index (χ1) is 16.3.